The normalized spacial score (nSPS) is 10.7. The molecule has 0 spiro atoms. The lowest BCUT2D eigenvalue weighted by molar-refractivity contribution is -0.121. The van der Waals surface area contributed by atoms with Gasteiger partial charge in [0.1, 0.15) is 0 Å². The Bertz CT molecular complexity index is 378. The second-order valence-electron chi connectivity index (χ2n) is 4.31. The highest BCUT2D eigenvalue weighted by Crippen LogP contribution is 2.11. The van der Waals surface area contributed by atoms with Gasteiger partial charge in [-0.1, -0.05) is 41.9 Å². The highest BCUT2D eigenvalue weighted by atomic mass is 79.9. The van der Waals surface area contributed by atoms with E-state index in [1.165, 1.54) is 5.56 Å². The molecule has 1 rings (SSSR count). The van der Waals surface area contributed by atoms with Crippen LogP contribution >= 0.6 is 15.9 Å². The van der Waals surface area contributed by atoms with Gasteiger partial charge in [0.2, 0.25) is 5.91 Å². The van der Waals surface area contributed by atoms with Crippen LogP contribution in [-0.4, -0.2) is 18.5 Å². The topological polar surface area (TPSA) is 41.1 Å². The minimum Gasteiger partial charge on any atom is -0.352 e. The van der Waals surface area contributed by atoms with Crippen molar-refractivity contribution in [1.29, 1.82) is 0 Å². The third kappa shape index (κ3) is 5.65. The van der Waals surface area contributed by atoms with E-state index in [1.54, 1.807) is 0 Å². The Morgan fingerprint density at radius 1 is 1.33 bits per heavy atom. The predicted octanol–water partition coefficient (Wildman–Crippen LogP) is 2.84. The molecule has 3 nitrogen and oxygen atoms in total. The molecule has 0 aliphatic rings. The van der Waals surface area contributed by atoms with Crippen LogP contribution in [0.5, 0.6) is 0 Å². The fourth-order valence-electron chi connectivity index (χ4n) is 1.74. The van der Waals surface area contributed by atoms with Gasteiger partial charge >= 0.3 is 0 Å². The van der Waals surface area contributed by atoms with Crippen molar-refractivity contribution < 1.29 is 4.79 Å². The van der Waals surface area contributed by atoms with Crippen LogP contribution in [0.2, 0.25) is 0 Å². The van der Waals surface area contributed by atoms with Crippen molar-refractivity contribution in [3.05, 3.63) is 34.3 Å². The average molecular weight is 313 g/mol. The highest BCUT2D eigenvalue weighted by molar-refractivity contribution is 9.10. The Kier molecular flexibility index (Phi) is 6.98. The monoisotopic (exact) mass is 312 g/mol. The number of hydrogen-bond acceptors (Lipinski definition) is 2. The van der Waals surface area contributed by atoms with Crippen molar-refractivity contribution in [1.82, 2.24) is 10.6 Å². The van der Waals surface area contributed by atoms with E-state index in [1.807, 2.05) is 24.3 Å². The summed E-state index contributed by atoms with van der Waals surface area (Å²) < 4.78 is 1.06. The van der Waals surface area contributed by atoms with Gasteiger partial charge in [-0.05, 0) is 30.5 Å². The molecule has 2 N–H and O–H groups in total. The maximum Gasteiger partial charge on any atom is 0.234 e. The lowest BCUT2D eigenvalue weighted by Gasteiger charge is -2.14. The molecule has 0 saturated carbocycles. The SMILES string of the molecule is CCC(CC)NC(=O)CNCc1cccc(Br)c1. The smallest absolute Gasteiger partial charge is 0.234 e. The molecule has 0 bridgehead atoms. The predicted molar refractivity (Wildman–Crippen MR) is 78.4 cm³/mol. The van der Waals surface area contributed by atoms with E-state index in [2.05, 4.69) is 40.4 Å². The molecule has 1 amide bonds. The summed E-state index contributed by atoms with van der Waals surface area (Å²) in [7, 11) is 0. The molecule has 0 fully saturated rings. The number of carbonyl (C=O) groups excluding carboxylic acids is 1. The number of hydrogen-bond donors (Lipinski definition) is 2. The fourth-order valence-corrected chi connectivity index (χ4v) is 2.19. The van der Waals surface area contributed by atoms with Gasteiger partial charge in [-0.2, -0.15) is 0 Å². The molecule has 4 heteroatoms. The Hall–Kier alpha value is -0.870. The number of nitrogens with one attached hydrogen (secondary N) is 2. The van der Waals surface area contributed by atoms with Crippen molar-refractivity contribution in [3.63, 3.8) is 0 Å². The molecule has 1 aromatic rings. The number of amides is 1. The van der Waals surface area contributed by atoms with E-state index < -0.39 is 0 Å². The molecule has 0 heterocycles. The van der Waals surface area contributed by atoms with Gasteiger partial charge < -0.3 is 10.6 Å². The molecular weight excluding hydrogens is 292 g/mol. The first-order chi connectivity index (χ1) is 8.65. The molecule has 0 aliphatic carbocycles. The lowest BCUT2D eigenvalue weighted by Crippen LogP contribution is -2.39. The largest absolute Gasteiger partial charge is 0.352 e. The van der Waals surface area contributed by atoms with Crippen molar-refractivity contribution in [2.45, 2.75) is 39.3 Å². The van der Waals surface area contributed by atoms with Crippen LogP contribution in [-0.2, 0) is 11.3 Å². The van der Waals surface area contributed by atoms with E-state index >= 15 is 0 Å². The van der Waals surface area contributed by atoms with E-state index in [4.69, 9.17) is 0 Å². The Morgan fingerprint density at radius 2 is 2.06 bits per heavy atom. The number of benzene rings is 1. The third-order valence-corrected chi connectivity index (χ3v) is 3.35. The zero-order valence-corrected chi connectivity index (χ0v) is 12.6. The maximum atomic E-state index is 11.6. The van der Waals surface area contributed by atoms with Gasteiger partial charge in [-0.15, -0.1) is 0 Å². The summed E-state index contributed by atoms with van der Waals surface area (Å²) in [5, 5.41) is 6.15. The zero-order valence-electron chi connectivity index (χ0n) is 11.0. The maximum absolute atomic E-state index is 11.6. The summed E-state index contributed by atoms with van der Waals surface area (Å²) in [4.78, 5) is 11.6. The molecule has 0 atom stereocenters. The molecule has 0 aromatic heterocycles. The minimum atomic E-state index is 0.0682. The molecule has 0 saturated heterocycles. The molecule has 1 aromatic carbocycles. The van der Waals surface area contributed by atoms with Crippen LogP contribution in [0.1, 0.15) is 32.3 Å². The Morgan fingerprint density at radius 3 is 2.67 bits per heavy atom. The van der Waals surface area contributed by atoms with E-state index in [-0.39, 0.29) is 5.91 Å². The van der Waals surface area contributed by atoms with Gasteiger partial charge in [-0.25, -0.2) is 0 Å². The average Bonchev–Trinajstić information content (AvgIpc) is 2.36. The third-order valence-electron chi connectivity index (χ3n) is 2.85. The first-order valence-electron chi connectivity index (χ1n) is 6.40. The summed E-state index contributed by atoms with van der Waals surface area (Å²) in [5.41, 5.74) is 1.17. The molecule has 18 heavy (non-hydrogen) atoms. The number of carbonyl (C=O) groups is 1. The summed E-state index contributed by atoms with van der Waals surface area (Å²) in [5.74, 6) is 0.0682. The second-order valence-corrected chi connectivity index (χ2v) is 5.23. The van der Waals surface area contributed by atoms with Gasteiger partial charge in [0.05, 0.1) is 6.54 Å². The van der Waals surface area contributed by atoms with Gasteiger partial charge in [0.15, 0.2) is 0 Å². The Balaban J connectivity index is 2.27. The fraction of sp³-hybridized carbons (Fsp3) is 0.500. The molecule has 0 radical (unpaired) electrons. The van der Waals surface area contributed by atoms with E-state index in [9.17, 15) is 4.79 Å². The molecular formula is C14H21BrN2O. The Labute approximate surface area is 117 Å². The zero-order chi connectivity index (χ0) is 13.4. The summed E-state index contributed by atoms with van der Waals surface area (Å²) >= 11 is 3.43. The van der Waals surface area contributed by atoms with Gasteiger partial charge in [-0.3, -0.25) is 4.79 Å². The van der Waals surface area contributed by atoms with Crippen molar-refractivity contribution in [2.24, 2.45) is 0 Å². The van der Waals surface area contributed by atoms with Gasteiger partial charge in [0, 0.05) is 17.1 Å². The van der Waals surface area contributed by atoms with Crippen molar-refractivity contribution in [2.75, 3.05) is 6.54 Å². The van der Waals surface area contributed by atoms with Gasteiger partial charge in [0.25, 0.3) is 0 Å². The van der Waals surface area contributed by atoms with Crippen LogP contribution in [0.15, 0.2) is 28.7 Å². The first kappa shape index (κ1) is 15.2. The summed E-state index contributed by atoms with van der Waals surface area (Å²) in [6.07, 6.45) is 1.96. The summed E-state index contributed by atoms with van der Waals surface area (Å²) in [6, 6.07) is 8.36. The van der Waals surface area contributed by atoms with Crippen molar-refractivity contribution >= 4 is 21.8 Å². The summed E-state index contributed by atoms with van der Waals surface area (Å²) in [6.45, 7) is 5.24. The number of rotatable bonds is 7. The molecule has 0 aliphatic heterocycles. The van der Waals surface area contributed by atoms with E-state index in [0.717, 1.165) is 17.3 Å². The van der Waals surface area contributed by atoms with Crippen LogP contribution < -0.4 is 10.6 Å². The number of halogens is 1. The van der Waals surface area contributed by atoms with Crippen LogP contribution in [0.3, 0.4) is 0 Å². The quantitative estimate of drug-likeness (QED) is 0.813. The van der Waals surface area contributed by atoms with Crippen molar-refractivity contribution in [3.8, 4) is 0 Å². The van der Waals surface area contributed by atoms with Crippen LogP contribution in [0.25, 0.3) is 0 Å². The second kappa shape index (κ2) is 8.27. The van der Waals surface area contributed by atoms with E-state index in [0.29, 0.717) is 19.1 Å². The lowest BCUT2D eigenvalue weighted by atomic mass is 10.2. The minimum absolute atomic E-state index is 0.0682. The standard InChI is InChI=1S/C14H21BrN2O/c1-3-13(4-2)17-14(18)10-16-9-11-6-5-7-12(15)8-11/h5-8,13,16H,3-4,9-10H2,1-2H3,(H,17,18). The molecule has 0 unspecified atom stereocenters. The highest BCUT2D eigenvalue weighted by Gasteiger charge is 2.07. The first-order valence-corrected chi connectivity index (χ1v) is 7.19. The van der Waals surface area contributed by atoms with Crippen LogP contribution in [0.4, 0.5) is 0 Å². The molecule has 100 valence electrons. The van der Waals surface area contributed by atoms with Crippen LogP contribution in [0, 0.1) is 0 Å².